The molecule has 2 heterocycles. The van der Waals surface area contributed by atoms with E-state index in [0.29, 0.717) is 19.4 Å². The Morgan fingerprint density at radius 2 is 1.92 bits per heavy atom. The van der Waals surface area contributed by atoms with Gasteiger partial charge in [0.15, 0.2) is 0 Å². The Morgan fingerprint density at radius 3 is 2.69 bits per heavy atom. The van der Waals surface area contributed by atoms with Gasteiger partial charge in [-0.05, 0) is 37.8 Å². The number of likely N-dealkylation sites (tertiary alicyclic amines) is 1. The molecule has 194 valence electrons. The van der Waals surface area contributed by atoms with Gasteiger partial charge in [0, 0.05) is 19.1 Å². The van der Waals surface area contributed by atoms with Crippen molar-refractivity contribution in [3.8, 4) is 0 Å². The van der Waals surface area contributed by atoms with Crippen LogP contribution in [0.5, 0.6) is 0 Å². The van der Waals surface area contributed by atoms with Crippen LogP contribution < -0.4 is 5.32 Å². The summed E-state index contributed by atoms with van der Waals surface area (Å²) < 4.78 is 6.93. The van der Waals surface area contributed by atoms with E-state index in [1.807, 2.05) is 43.3 Å². The Balaban J connectivity index is 1.55. The normalized spacial score (nSPS) is 25.2. The second kappa shape index (κ2) is 11.6. The maximum atomic E-state index is 13.7. The fourth-order valence-electron chi connectivity index (χ4n) is 5.47. The second-order valence-electron chi connectivity index (χ2n) is 9.52. The number of carbonyl (C=O) groups is 3. The van der Waals surface area contributed by atoms with Crippen molar-refractivity contribution in [1.29, 1.82) is 0 Å². The van der Waals surface area contributed by atoms with E-state index in [2.05, 4.69) is 15.6 Å². The van der Waals surface area contributed by atoms with E-state index in [4.69, 9.17) is 9.84 Å². The highest BCUT2D eigenvalue weighted by atomic mass is 16.5. The number of unbranched alkanes of at least 4 members (excludes halogenated alkanes) is 3. The quantitative estimate of drug-likeness (QED) is 0.276. The second-order valence-corrected chi connectivity index (χ2v) is 9.52. The summed E-state index contributed by atoms with van der Waals surface area (Å²) in [5.74, 6) is -2.70. The van der Waals surface area contributed by atoms with Crippen molar-refractivity contribution in [3.63, 3.8) is 0 Å². The van der Waals surface area contributed by atoms with Crippen LogP contribution >= 0.6 is 0 Å². The van der Waals surface area contributed by atoms with Crippen molar-refractivity contribution in [2.75, 3.05) is 19.8 Å². The van der Waals surface area contributed by atoms with Gasteiger partial charge in [0.05, 0.1) is 24.0 Å². The van der Waals surface area contributed by atoms with Crippen LogP contribution in [0.15, 0.2) is 36.4 Å². The molecule has 1 saturated heterocycles. The van der Waals surface area contributed by atoms with Gasteiger partial charge in [-0.2, -0.15) is 0 Å². The highest BCUT2D eigenvalue weighted by molar-refractivity contribution is 5.96. The molecular weight excluding hydrogens is 462 g/mol. The predicted octanol–water partition coefficient (Wildman–Crippen LogP) is 1.89. The monoisotopic (exact) mass is 497 g/mol. The fourth-order valence-corrected chi connectivity index (χ4v) is 5.47. The number of carbonyl (C=O) groups excluding carboxylic acids is 3. The number of aromatic nitrogens is 3. The van der Waals surface area contributed by atoms with Gasteiger partial charge in [-0.15, -0.1) is 5.10 Å². The molecule has 36 heavy (non-hydrogen) atoms. The molecule has 0 bridgehead atoms. The first kappa shape index (κ1) is 25.8. The van der Waals surface area contributed by atoms with Crippen molar-refractivity contribution < 1.29 is 24.2 Å². The summed E-state index contributed by atoms with van der Waals surface area (Å²) >= 11 is 0. The molecule has 0 radical (unpaired) electrons. The summed E-state index contributed by atoms with van der Waals surface area (Å²) in [6.45, 7) is 4.56. The van der Waals surface area contributed by atoms with E-state index in [9.17, 15) is 14.4 Å². The minimum absolute atomic E-state index is 0.118. The largest absolute Gasteiger partial charge is 0.466 e. The van der Waals surface area contributed by atoms with Gasteiger partial charge >= 0.3 is 5.97 Å². The maximum Gasteiger partial charge on any atom is 0.310 e. The maximum absolute atomic E-state index is 13.7. The van der Waals surface area contributed by atoms with Gasteiger partial charge in [-0.3, -0.25) is 14.4 Å². The zero-order valence-electron chi connectivity index (χ0n) is 20.9. The Bertz CT molecular complexity index is 1120. The lowest BCUT2D eigenvalue weighted by molar-refractivity contribution is -0.155. The average molecular weight is 498 g/mol. The van der Waals surface area contributed by atoms with Crippen LogP contribution in [0.1, 0.15) is 39.5 Å². The van der Waals surface area contributed by atoms with E-state index in [1.165, 1.54) is 0 Å². The molecule has 2 N–H and O–H groups in total. The molecule has 1 fully saturated rings. The van der Waals surface area contributed by atoms with Crippen LogP contribution in [0, 0.1) is 23.7 Å². The zero-order chi connectivity index (χ0) is 25.7. The van der Waals surface area contributed by atoms with Crippen LogP contribution in [0.25, 0.3) is 11.0 Å². The predicted molar refractivity (Wildman–Crippen MR) is 132 cm³/mol. The topological polar surface area (TPSA) is 127 Å². The molecule has 0 saturated carbocycles. The molecule has 0 spiro atoms. The summed E-state index contributed by atoms with van der Waals surface area (Å²) in [5.41, 5.74) is 1.53. The van der Waals surface area contributed by atoms with Crippen molar-refractivity contribution in [2.24, 2.45) is 23.7 Å². The summed E-state index contributed by atoms with van der Waals surface area (Å²) in [6, 6.07) is 6.76. The number of amides is 2. The third kappa shape index (κ3) is 5.13. The minimum atomic E-state index is -0.726. The smallest absolute Gasteiger partial charge is 0.310 e. The van der Waals surface area contributed by atoms with E-state index in [1.54, 1.807) is 16.5 Å². The highest BCUT2D eigenvalue weighted by Crippen LogP contribution is 2.44. The lowest BCUT2D eigenvalue weighted by atomic mass is 9.70. The number of aliphatic hydroxyl groups is 1. The number of rotatable bonds is 11. The highest BCUT2D eigenvalue weighted by Gasteiger charge is 2.56. The molecule has 2 amide bonds. The SMILES string of the molecule is CCOC(=O)[C@H]1[C@H]2C(=O)N(CCCCCCO)[C@H](C(=O)NCn3nnc4ccccc43)[C@H]2C=C[C@H]1C. The molecular formula is C26H35N5O5. The molecule has 1 aliphatic carbocycles. The first-order valence-corrected chi connectivity index (χ1v) is 12.8. The number of hydrogen-bond acceptors (Lipinski definition) is 7. The molecule has 2 aromatic rings. The lowest BCUT2D eigenvalue weighted by Gasteiger charge is -2.32. The standard InChI is InChI=1S/C26H35N5O5/c1-3-36-26(35)21-17(2)12-13-18-22(21)25(34)30(14-8-4-5-9-15-32)23(18)24(33)27-16-31-20-11-7-6-10-19(20)28-29-31/h6-7,10-13,17-18,21-23,32H,3-5,8-9,14-16H2,1-2H3,(H,27,33)/t17-,18+,21-,22+,23+/m1/s1. The number of allylic oxidation sites excluding steroid dienone is 1. The summed E-state index contributed by atoms with van der Waals surface area (Å²) in [4.78, 5) is 41.7. The van der Waals surface area contributed by atoms with Crippen LogP contribution in [0.3, 0.4) is 0 Å². The Hall–Kier alpha value is -3.27. The van der Waals surface area contributed by atoms with Gasteiger partial charge in [-0.1, -0.05) is 49.3 Å². The van der Waals surface area contributed by atoms with Crippen molar-refractivity contribution in [1.82, 2.24) is 25.2 Å². The first-order chi connectivity index (χ1) is 17.5. The number of aliphatic hydroxyl groups excluding tert-OH is 1. The number of nitrogens with zero attached hydrogens (tertiary/aromatic N) is 4. The lowest BCUT2D eigenvalue weighted by Crippen LogP contribution is -2.48. The zero-order valence-corrected chi connectivity index (χ0v) is 20.9. The van der Waals surface area contributed by atoms with Gasteiger partial charge in [0.25, 0.3) is 0 Å². The molecule has 2 aliphatic rings. The number of esters is 1. The summed E-state index contributed by atoms with van der Waals surface area (Å²) in [5, 5.41) is 20.2. The van der Waals surface area contributed by atoms with Crippen molar-refractivity contribution in [2.45, 2.75) is 52.2 Å². The number of para-hydroxylation sites is 1. The van der Waals surface area contributed by atoms with Crippen LogP contribution in [-0.4, -0.2) is 68.6 Å². The van der Waals surface area contributed by atoms with Gasteiger partial charge in [0.1, 0.15) is 18.2 Å². The van der Waals surface area contributed by atoms with E-state index in [-0.39, 0.29) is 37.6 Å². The molecule has 1 aliphatic heterocycles. The molecule has 4 rings (SSSR count). The van der Waals surface area contributed by atoms with E-state index < -0.39 is 29.8 Å². The Labute approximate surface area is 210 Å². The van der Waals surface area contributed by atoms with Crippen molar-refractivity contribution in [3.05, 3.63) is 36.4 Å². The average Bonchev–Trinajstić information content (AvgIpc) is 3.41. The Morgan fingerprint density at radius 1 is 1.14 bits per heavy atom. The number of fused-ring (bicyclic) bond motifs is 2. The van der Waals surface area contributed by atoms with Crippen LogP contribution in [0.2, 0.25) is 0 Å². The molecule has 0 unspecified atom stereocenters. The molecule has 10 nitrogen and oxygen atoms in total. The first-order valence-electron chi connectivity index (χ1n) is 12.8. The van der Waals surface area contributed by atoms with Crippen LogP contribution in [0.4, 0.5) is 0 Å². The molecule has 1 aromatic carbocycles. The molecule has 1 aromatic heterocycles. The van der Waals surface area contributed by atoms with E-state index >= 15 is 0 Å². The third-order valence-electron chi connectivity index (χ3n) is 7.23. The minimum Gasteiger partial charge on any atom is -0.466 e. The summed E-state index contributed by atoms with van der Waals surface area (Å²) in [6.07, 6.45) is 6.96. The molecule has 5 atom stereocenters. The molecule has 10 heteroatoms. The number of benzene rings is 1. The van der Waals surface area contributed by atoms with E-state index in [0.717, 1.165) is 23.9 Å². The van der Waals surface area contributed by atoms with Crippen molar-refractivity contribution >= 4 is 28.8 Å². The van der Waals surface area contributed by atoms with Gasteiger partial charge in [0.2, 0.25) is 11.8 Å². The number of nitrogens with one attached hydrogen (secondary N) is 1. The fraction of sp³-hybridized carbons (Fsp3) is 0.577. The van der Waals surface area contributed by atoms with Crippen LogP contribution in [-0.2, 0) is 25.8 Å². The van der Waals surface area contributed by atoms with Gasteiger partial charge < -0.3 is 20.1 Å². The Kier molecular flexibility index (Phi) is 8.35. The number of hydrogen-bond donors (Lipinski definition) is 2. The summed E-state index contributed by atoms with van der Waals surface area (Å²) in [7, 11) is 0. The van der Waals surface area contributed by atoms with Gasteiger partial charge in [-0.25, -0.2) is 4.68 Å². The number of ether oxygens (including phenoxy) is 1. The third-order valence-corrected chi connectivity index (χ3v) is 7.23.